The number of benzene rings is 2. The Morgan fingerprint density at radius 2 is 1.82 bits per heavy atom. The van der Waals surface area contributed by atoms with Gasteiger partial charge in [-0.3, -0.25) is 4.57 Å². The number of hydrogen-bond donors (Lipinski definition) is 1. The molecule has 1 aliphatic rings. The van der Waals surface area contributed by atoms with Gasteiger partial charge in [0, 0.05) is 5.70 Å². The number of nitrogens with one attached hydrogen (secondary N) is 1. The largest absolute Gasteiger partial charge is 0.493 e. The number of ether oxygens (including phenoxy) is 3. The summed E-state index contributed by atoms with van der Waals surface area (Å²) in [4.78, 5) is 17.4. The molecule has 4 rings (SSSR count). The van der Waals surface area contributed by atoms with Crippen LogP contribution in [-0.2, 0) is 9.53 Å². The van der Waals surface area contributed by atoms with Crippen molar-refractivity contribution in [1.29, 1.82) is 0 Å². The van der Waals surface area contributed by atoms with E-state index < -0.39 is 12.0 Å². The number of fused-ring (bicyclic) bond motifs is 3. The number of carbonyl (C=O) groups is 1. The number of nitrogens with zero attached hydrogens (tertiary/aromatic N) is 2. The number of anilines is 1. The molecule has 0 fully saturated rings. The van der Waals surface area contributed by atoms with Crippen molar-refractivity contribution in [2.75, 3.05) is 26.6 Å². The fourth-order valence-electron chi connectivity index (χ4n) is 3.68. The van der Waals surface area contributed by atoms with E-state index in [1.807, 2.05) is 54.0 Å². The molecule has 0 saturated heterocycles. The summed E-state index contributed by atoms with van der Waals surface area (Å²) in [7, 11) is 4.56. The zero-order valence-electron chi connectivity index (χ0n) is 16.1. The Labute approximate surface area is 162 Å². The molecule has 1 aromatic heterocycles. The van der Waals surface area contributed by atoms with Crippen LogP contribution in [0.1, 0.15) is 18.5 Å². The molecule has 0 bridgehead atoms. The van der Waals surface area contributed by atoms with Crippen LogP contribution in [-0.4, -0.2) is 36.8 Å². The van der Waals surface area contributed by atoms with Crippen LogP contribution >= 0.6 is 0 Å². The highest BCUT2D eigenvalue weighted by atomic mass is 16.5. The lowest BCUT2D eigenvalue weighted by atomic mass is 9.94. The summed E-state index contributed by atoms with van der Waals surface area (Å²) < 4.78 is 17.9. The number of carbonyl (C=O) groups excluding carboxylic acids is 1. The smallest absolute Gasteiger partial charge is 0.337 e. The van der Waals surface area contributed by atoms with Gasteiger partial charge in [0.25, 0.3) is 0 Å². The molecule has 0 saturated carbocycles. The van der Waals surface area contributed by atoms with Crippen LogP contribution in [0.3, 0.4) is 0 Å². The Bertz CT molecular complexity index is 1100. The van der Waals surface area contributed by atoms with Crippen molar-refractivity contribution < 1.29 is 19.0 Å². The Kier molecular flexibility index (Phi) is 4.43. The molecule has 0 radical (unpaired) electrons. The third kappa shape index (κ3) is 2.67. The number of esters is 1. The van der Waals surface area contributed by atoms with Crippen LogP contribution in [0.4, 0.5) is 5.95 Å². The van der Waals surface area contributed by atoms with Crippen molar-refractivity contribution >= 4 is 23.0 Å². The third-order valence-corrected chi connectivity index (χ3v) is 4.96. The average molecular weight is 379 g/mol. The minimum Gasteiger partial charge on any atom is -0.493 e. The van der Waals surface area contributed by atoms with Crippen LogP contribution in [0.15, 0.2) is 53.7 Å². The Morgan fingerprint density at radius 3 is 2.54 bits per heavy atom. The standard InChI is InChI=1S/C21H21N3O4/c1-12-18(20(25)28-4)19(13-9-10-16(26-2)17(11-13)27-3)24-15-8-6-5-7-14(15)23-21(24)22-12/h5-11,19H,1-4H3,(H,22,23)/t19-/m1/s1. The Hall–Kier alpha value is -3.48. The zero-order valence-corrected chi connectivity index (χ0v) is 16.1. The maximum atomic E-state index is 12.7. The Morgan fingerprint density at radius 1 is 1.07 bits per heavy atom. The second kappa shape index (κ2) is 6.92. The molecule has 1 atom stereocenters. The van der Waals surface area contributed by atoms with Crippen molar-refractivity contribution in [3.63, 3.8) is 0 Å². The second-order valence-electron chi connectivity index (χ2n) is 6.47. The summed E-state index contributed by atoms with van der Waals surface area (Å²) in [5.74, 6) is 1.49. The summed E-state index contributed by atoms with van der Waals surface area (Å²) in [6, 6.07) is 13.0. The van der Waals surface area contributed by atoms with Gasteiger partial charge in [0.2, 0.25) is 5.95 Å². The predicted octanol–water partition coefficient (Wildman–Crippen LogP) is 3.52. The molecule has 28 heavy (non-hydrogen) atoms. The first kappa shape index (κ1) is 17.9. The molecule has 3 aromatic rings. The van der Waals surface area contributed by atoms with E-state index in [0.29, 0.717) is 28.7 Å². The second-order valence-corrected chi connectivity index (χ2v) is 6.47. The van der Waals surface area contributed by atoms with Gasteiger partial charge in [-0.15, -0.1) is 0 Å². The lowest BCUT2D eigenvalue weighted by Crippen LogP contribution is -2.28. The van der Waals surface area contributed by atoms with Crippen molar-refractivity contribution in [3.05, 3.63) is 59.3 Å². The van der Waals surface area contributed by atoms with Crippen molar-refractivity contribution in [1.82, 2.24) is 9.55 Å². The van der Waals surface area contributed by atoms with E-state index in [4.69, 9.17) is 14.2 Å². The molecule has 0 unspecified atom stereocenters. The molecular formula is C21H21N3O4. The Balaban J connectivity index is 2.00. The van der Waals surface area contributed by atoms with Gasteiger partial charge >= 0.3 is 5.97 Å². The highest BCUT2D eigenvalue weighted by Crippen LogP contribution is 2.41. The normalized spacial score (nSPS) is 15.8. The number of methoxy groups -OCH3 is 3. The highest BCUT2D eigenvalue weighted by molar-refractivity contribution is 5.94. The van der Waals surface area contributed by atoms with Gasteiger partial charge in [-0.05, 0) is 36.8 Å². The van der Waals surface area contributed by atoms with Crippen LogP contribution in [0, 0.1) is 0 Å². The SMILES string of the molecule is COC(=O)C1=C(C)Nc2nc3ccccc3n2[C@@H]1c1ccc(OC)c(OC)c1. The molecule has 0 aliphatic carbocycles. The third-order valence-electron chi connectivity index (χ3n) is 4.96. The summed E-state index contributed by atoms with van der Waals surface area (Å²) in [6.07, 6.45) is 0. The van der Waals surface area contributed by atoms with E-state index in [-0.39, 0.29) is 0 Å². The number of allylic oxidation sites excluding steroid dienone is 1. The van der Waals surface area contributed by atoms with Gasteiger partial charge in [-0.1, -0.05) is 18.2 Å². The van der Waals surface area contributed by atoms with Gasteiger partial charge in [0.05, 0.1) is 44.0 Å². The van der Waals surface area contributed by atoms with E-state index in [9.17, 15) is 4.79 Å². The summed E-state index contributed by atoms with van der Waals surface area (Å²) >= 11 is 0. The molecule has 0 amide bonds. The van der Waals surface area contributed by atoms with Crippen molar-refractivity contribution in [3.8, 4) is 11.5 Å². The predicted molar refractivity (Wildman–Crippen MR) is 106 cm³/mol. The first-order valence-corrected chi connectivity index (χ1v) is 8.84. The minimum absolute atomic E-state index is 0.395. The zero-order chi connectivity index (χ0) is 19.8. The van der Waals surface area contributed by atoms with E-state index >= 15 is 0 Å². The number of rotatable bonds is 4. The lowest BCUT2D eigenvalue weighted by molar-refractivity contribution is -0.136. The summed E-state index contributed by atoms with van der Waals surface area (Å²) in [5.41, 5.74) is 3.84. The van der Waals surface area contributed by atoms with Gasteiger partial charge in [-0.2, -0.15) is 0 Å². The molecular weight excluding hydrogens is 358 g/mol. The fraction of sp³-hybridized carbons (Fsp3) is 0.238. The highest BCUT2D eigenvalue weighted by Gasteiger charge is 2.35. The maximum Gasteiger partial charge on any atom is 0.337 e. The molecule has 2 aromatic carbocycles. The van der Waals surface area contributed by atoms with Gasteiger partial charge in [0.15, 0.2) is 11.5 Å². The van der Waals surface area contributed by atoms with E-state index in [0.717, 1.165) is 16.6 Å². The molecule has 7 nitrogen and oxygen atoms in total. The first-order valence-electron chi connectivity index (χ1n) is 8.84. The van der Waals surface area contributed by atoms with Gasteiger partial charge in [0.1, 0.15) is 0 Å². The quantitative estimate of drug-likeness (QED) is 0.699. The molecule has 1 aliphatic heterocycles. The first-order chi connectivity index (χ1) is 13.6. The van der Waals surface area contributed by atoms with E-state index in [1.165, 1.54) is 7.11 Å². The molecule has 7 heteroatoms. The molecule has 0 spiro atoms. The van der Waals surface area contributed by atoms with Crippen LogP contribution < -0.4 is 14.8 Å². The van der Waals surface area contributed by atoms with E-state index in [2.05, 4.69) is 10.3 Å². The number of aromatic nitrogens is 2. The van der Waals surface area contributed by atoms with Gasteiger partial charge < -0.3 is 19.5 Å². The number of hydrogen-bond acceptors (Lipinski definition) is 6. The summed E-state index contributed by atoms with van der Waals surface area (Å²) in [5, 5.41) is 3.24. The number of imidazole rings is 1. The topological polar surface area (TPSA) is 74.6 Å². The fourth-order valence-corrected chi connectivity index (χ4v) is 3.68. The summed E-state index contributed by atoms with van der Waals surface area (Å²) in [6.45, 7) is 1.85. The molecule has 1 N–H and O–H groups in total. The monoisotopic (exact) mass is 379 g/mol. The minimum atomic E-state index is -0.420. The lowest BCUT2D eigenvalue weighted by Gasteiger charge is -2.30. The van der Waals surface area contributed by atoms with Crippen LogP contribution in [0.25, 0.3) is 11.0 Å². The number of para-hydroxylation sites is 2. The van der Waals surface area contributed by atoms with Gasteiger partial charge in [-0.25, -0.2) is 9.78 Å². The van der Waals surface area contributed by atoms with Crippen LogP contribution in [0.5, 0.6) is 11.5 Å². The van der Waals surface area contributed by atoms with Crippen molar-refractivity contribution in [2.24, 2.45) is 0 Å². The molecule has 2 heterocycles. The van der Waals surface area contributed by atoms with Crippen molar-refractivity contribution in [2.45, 2.75) is 13.0 Å². The molecule has 144 valence electrons. The maximum absolute atomic E-state index is 12.7. The van der Waals surface area contributed by atoms with E-state index in [1.54, 1.807) is 14.2 Å². The van der Waals surface area contributed by atoms with Crippen LogP contribution in [0.2, 0.25) is 0 Å². The average Bonchev–Trinajstić information content (AvgIpc) is 3.09.